The lowest BCUT2D eigenvalue weighted by Gasteiger charge is -1.80. The van der Waals surface area contributed by atoms with Crippen LogP contribution in [0.4, 0.5) is 0 Å². The van der Waals surface area contributed by atoms with E-state index in [1.807, 2.05) is 0 Å². The maximum Gasteiger partial charge on any atom is 0.314 e. The third kappa shape index (κ3) is 8.99. The van der Waals surface area contributed by atoms with Gasteiger partial charge in [-0.1, -0.05) is 0 Å². The van der Waals surface area contributed by atoms with Crippen molar-refractivity contribution >= 4 is 25.4 Å². The molecule has 0 aliphatic carbocycles. The van der Waals surface area contributed by atoms with E-state index in [0.717, 1.165) is 0 Å². The Bertz CT molecular complexity index is 87.5. The summed E-state index contributed by atoms with van der Waals surface area (Å²) in [5.41, 5.74) is 0. The number of carboxylic acid groups (broad SMARTS) is 2. The van der Waals surface area contributed by atoms with E-state index in [9.17, 15) is 9.59 Å². The van der Waals surface area contributed by atoms with Crippen LogP contribution in [0.2, 0.25) is 0 Å². The minimum Gasteiger partial charge on any atom is -0.481 e. The third-order valence-corrected chi connectivity index (χ3v) is 0.302. The molecule has 0 fully saturated rings. The molecule has 4 nitrogen and oxygen atoms in total. The van der Waals surface area contributed by atoms with Crippen molar-refractivity contribution in [3.05, 3.63) is 0 Å². The van der Waals surface area contributed by atoms with Crippen LogP contribution in [-0.4, -0.2) is 22.2 Å². The van der Waals surface area contributed by atoms with Gasteiger partial charge >= 0.3 is 11.9 Å². The number of carbonyl (C=O) groups is 2. The van der Waals surface area contributed by atoms with Crippen LogP contribution >= 0.6 is 13.5 Å². The minimum atomic E-state index is -1.31. The molecule has 0 amide bonds. The van der Waals surface area contributed by atoms with Crippen LogP contribution in [0, 0.1) is 0 Å². The van der Waals surface area contributed by atoms with Crippen LogP contribution in [-0.2, 0) is 9.59 Å². The summed E-state index contributed by atoms with van der Waals surface area (Å²) in [5.74, 6) is -2.62. The molecule has 2 N–H and O–H groups in total. The quantitative estimate of drug-likeness (QED) is 0.512. The molecule has 0 unspecified atom stereocenters. The Labute approximate surface area is 52.6 Å². The van der Waals surface area contributed by atoms with Crippen LogP contribution in [0.3, 0.4) is 0 Å². The molecular weight excluding hydrogens is 132 g/mol. The number of hydrogen-bond acceptors (Lipinski definition) is 2. The second-order valence-electron chi connectivity index (χ2n) is 0.964. The maximum absolute atomic E-state index is 9.43. The van der Waals surface area contributed by atoms with Crippen molar-refractivity contribution in [3.8, 4) is 0 Å². The fourth-order valence-electron chi connectivity index (χ4n) is 0.129. The number of rotatable bonds is 2. The van der Waals surface area contributed by atoms with Gasteiger partial charge in [-0.2, -0.15) is 13.5 Å². The van der Waals surface area contributed by atoms with E-state index in [-0.39, 0.29) is 13.5 Å². The molecule has 0 heterocycles. The van der Waals surface area contributed by atoms with Gasteiger partial charge in [0.1, 0.15) is 6.42 Å². The highest BCUT2D eigenvalue weighted by Crippen LogP contribution is 1.74. The Kier molecular flexibility index (Phi) is 5.73. The van der Waals surface area contributed by atoms with Gasteiger partial charge in [0.15, 0.2) is 0 Å². The van der Waals surface area contributed by atoms with Gasteiger partial charge in [-0.3, -0.25) is 9.59 Å². The summed E-state index contributed by atoms with van der Waals surface area (Å²) in [4.78, 5) is 18.9. The predicted molar refractivity (Wildman–Crippen MR) is 30.3 cm³/mol. The van der Waals surface area contributed by atoms with Crippen LogP contribution in [0.15, 0.2) is 0 Å². The molecule has 0 atom stereocenters. The van der Waals surface area contributed by atoms with Gasteiger partial charge in [-0.05, 0) is 0 Å². The molecule has 0 aromatic carbocycles. The third-order valence-electron chi connectivity index (χ3n) is 0.302. The van der Waals surface area contributed by atoms with Gasteiger partial charge in [-0.25, -0.2) is 0 Å². The van der Waals surface area contributed by atoms with E-state index >= 15 is 0 Å². The Balaban J connectivity index is 0. The van der Waals surface area contributed by atoms with E-state index in [2.05, 4.69) is 0 Å². The number of carboxylic acids is 2. The van der Waals surface area contributed by atoms with Crippen molar-refractivity contribution < 1.29 is 19.8 Å². The molecule has 0 aromatic rings. The SMILES string of the molecule is O=C(O)CC(=O)O.S. The average Bonchev–Trinajstić information content (AvgIpc) is 1.27. The van der Waals surface area contributed by atoms with Crippen LogP contribution in [0.1, 0.15) is 6.42 Å². The molecule has 0 saturated heterocycles. The summed E-state index contributed by atoms with van der Waals surface area (Å²) in [7, 11) is 0. The Morgan fingerprint density at radius 3 is 1.38 bits per heavy atom. The smallest absolute Gasteiger partial charge is 0.314 e. The van der Waals surface area contributed by atoms with E-state index in [4.69, 9.17) is 10.2 Å². The normalized spacial score (nSPS) is 7.00. The van der Waals surface area contributed by atoms with E-state index in [1.54, 1.807) is 0 Å². The predicted octanol–water partition coefficient (Wildman–Crippen LogP) is -0.342. The van der Waals surface area contributed by atoms with Gasteiger partial charge < -0.3 is 10.2 Å². The van der Waals surface area contributed by atoms with Crippen molar-refractivity contribution in [2.45, 2.75) is 6.42 Å². The average molecular weight is 138 g/mol. The first-order valence-corrected chi connectivity index (χ1v) is 1.56. The van der Waals surface area contributed by atoms with Gasteiger partial charge in [0.05, 0.1) is 0 Å². The lowest BCUT2D eigenvalue weighted by atomic mass is 10.5. The summed E-state index contributed by atoms with van der Waals surface area (Å²) in [5, 5.41) is 15.4. The Hall–Kier alpha value is -0.710. The lowest BCUT2D eigenvalue weighted by Crippen LogP contribution is -2.03. The first-order chi connectivity index (χ1) is 3.13. The summed E-state index contributed by atoms with van der Waals surface area (Å²) < 4.78 is 0. The molecule has 0 spiro atoms. The lowest BCUT2D eigenvalue weighted by molar-refractivity contribution is -0.147. The summed E-state index contributed by atoms with van der Waals surface area (Å²) in [6.07, 6.45) is -0.806. The maximum atomic E-state index is 9.43. The molecule has 0 rings (SSSR count). The Morgan fingerprint density at radius 1 is 1.12 bits per heavy atom. The standard InChI is InChI=1S/C3H4O4.H2S/c4-2(5)1-3(6)7;/h1H2,(H,4,5)(H,6,7);1H2. The van der Waals surface area contributed by atoms with E-state index in [1.165, 1.54) is 0 Å². The fraction of sp³-hybridized carbons (Fsp3) is 0.333. The van der Waals surface area contributed by atoms with Crippen LogP contribution < -0.4 is 0 Å². The highest BCUT2D eigenvalue weighted by Gasteiger charge is 2.01. The first kappa shape index (κ1) is 10.3. The largest absolute Gasteiger partial charge is 0.481 e. The highest BCUT2D eigenvalue weighted by molar-refractivity contribution is 7.59. The molecule has 0 radical (unpaired) electrons. The molecule has 0 aliphatic rings. The molecule has 5 heteroatoms. The molecule has 0 bridgehead atoms. The fourth-order valence-corrected chi connectivity index (χ4v) is 0.129. The zero-order chi connectivity index (χ0) is 5.86. The van der Waals surface area contributed by atoms with Crippen molar-refractivity contribution in [3.63, 3.8) is 0 Å². The van der Waals surface area contributed by atoms with Crippen molar-refractivity contribution in [2.75, 3.05) is 0 Å². The molecule has 8 heavy (non-hydrogen) atoms. The van der Waals surface area contributed by atoms with Crippen LogP contribution in [0.5, 0.6) is 0 Å². The number of hydrogen-bond donors (Lipinski definition) is 2. The summed E-state index contributed by atoms with van der Waals surface area (Å²) in [6, 6.07) is 0. The summed E-state index contributed by atoms with van der Waals surface area (Å²) >= 11 is 0. The molecular formula is C3H6O4S. The van der Waals surface area contributed by atoms with Gasteiger partial charge in [-0.15, -0.1) is 0 Å². The monoisotopic (exact) mass is 138 g/mol. The summed E-state index contributed by atoms with van der Waals surface area (Å²) in [6.45, 7) is 0. The van der Waals surface area contributed by atoms with Gasteiger partial charge in [0.2, 0.25) is 0 Å². The second kappa shape index (κ2) is 4.45. The first-order valence-electron chi connectivity index (χ1n) is 1.56. The topological polar surface area (TPSA) is 74.6 Å². The van der Waals surface area contributed by atoms with Crippen molar-refractivity contribution in [1.29, 1.82) is 0 Å². The number of aliphatic carboxylic acids is 2. The van der Waals surface area contributed by atoms with Crippen molar-refractivity contribution in [2.24, 2.45) is 0 Å². The Morgan fingerprint density at radius 2 is 1.38 bits per heavy atom. The molecule has 48 valence electrons. The zero-order valence-electron chi connectivity index (χ0n) is 3.92. The van der Waals surface area contributed by atoms with Gasteiger partial charge in [0, 0.05) is 0 Å². The zero-order valence-corrected chi connectivity index (χ0v) is 4.92. The van der Waals surface area contributed by atoms with Crippen LogP contribution in [0.25, 0.3) is 0 Å². The highest BCUT2D eigenvalue weighted by atomic mass is 32.1. The molecule has 0 saturated carbocycles. The van der Waals surface area contributed by atoms with E-state index < -0.39 is 18.4 Å². The second-order valence-corrected chi connectivity index (χ2v) is 0.964. The molecule has 0 aromatic heterocycles. The van der Waals surface area contributed by atoms with Gasteiger partial charge in [0.25, 0.3) is 0 Å². The van der Waals surface area contributed by atoms with Crippen molar-refractivity contribution in [1.82, 2.24) is 0 Å². The minimum absolute atomic E-state index is 0. The van der Waals surface area contributed by atoms with E-state index in [0.29, 0.717) is 0 Å². The molecule has 0 aliphatic heterocycles.